The Balaban J connectivity index is 3.67. The molecule has 0 bridgehead atoms. The van der Waals surface area contributed by atoms with Gasteiger partial charge < -0.3 is 0 Å². The molecule has 0 aromatic carbocycles. The zero-order chi connectivity index (χ0) is 20.1. The van der Waals surface area contributed by atoms with Crippen LogP contribution in [0.4, 0.5) is 0 Å². The van der Waals surface area contributed by atoms with E-state index in [1.165, 1.54) is 89.9 Å². The first kappa shape index (κ1) is 27.6. The van der Waals surface area contributed by atoms with Gasteiger partial charge in [-0.3, -0.25) is 0 Å². The third-order valence-corrected chi connectivity index (χ3v) is 11.1. The van der Waals surface area contributed by atoms with E-state index >= 15 is 0 Å². The molecule has 0 radical (unpaired) electrons. The molecule has 0 aliphatic heterocycles. The zero-order valence-electron chi connectivity index (χ0n) is 18.9. The molecule has 0 saturated heterocycles. The molecule has 27 heavy (non-hydrogen) atoms. The Kier molecular flexibility index (Phi) is 21.9. The Morgan fingerprint density at radius 3 is 1.04 bits per heavy atom. The molecule has 0 amide bonds. The van der Waals surface area contributed by atoms with Crippen LogP contribution < -0.4 is 0 Å². The van der Waals surface area contributed by atoms with Crippen LogP contribution in [-0.4, -0.2) is 47.5 Å². The number of rotatable bonds is 22. The summed E-state index contributed by atoms with van der Waals surface area (Å²) in [5.74, 6) is 0. The van der Waals surface area contributed by atoms with Crippen LogP contribution in [0.3, 0.4) is 0 Å². The first-order valence-corrected chi connectivity index (χ1v) is 16.3. The summed E-state index contributed by atoms with van der Waals surface area (Å²) >= 11 is -3.73. The second kappa shape index (κ2) is 21.4. The van der Waals surface area contributed by atoms with Crippen LogP contribution in [0.2, 0.25) is 0 Å². The molecule has 0 N–H and O–H groups in total. The predicted octanol–water partition coefficient (Wildman–Crippen LogP) is 7.03. The van der Waals surface area contributed by atoms with Crippen LogP contribution in [0, 0.1) is 0 Å². The summed E-state index contributed by atoms with van der Waals surface area (Å²) in [4.78, 5) is 0. The summed E-state index contributed by atoms with van der Waals surface area (Å²) in [6, 6.07) is 0. The molecular weight excluding hydrogens is 447 g/mol. The molecule has 0 rings (SSSR count). The molecule has 0 spiro atoms. The third-order valence-electron chi connectivity index (χ3n) is 5.05. The molecule has 0 unspecified atom stereocenters. The molecule has 0 fully saturated rings. The molecule has 164 valence electrons. The Morgan fingerprint density at radius 1 is 0.444 bits per heavy atom. The van der Waals surface area contributed by atoms with E-state index in [1.807, 2.05) is 0 Å². The second-order valence-electron chi connectivity index (χ2n) is 7.55. The van der Waals surface area contributed by atoms with Crippen molar-refractivity contribution in [2.24, 2.45) is 0 Å². The fraction of sp³-hybridized carbons (Fsp3) is 1.00. The quantitative estimate of drug-likeness (QED) is 0.119. The van der Waals surface area contributed by atoms with Gasteiger partial charge in [-0.25, -0.2) is 0 Å². The predicted molar refractivity (Wildman–Crippen MR) is 117 cm³/mol. The summed E-state index contributed by atoms with van der Waals surface area (Å²) in [6.45, 7) is 5.92. The maximum atomic E-state index is 5.99. The third kappa shape index (κ3) is 17.2. The second-order valence-corrected chi connectivity index (χ2v) is 14.4. The standard InChI is InChI=1S/2C10H21O.2CH3O.Sn/c2*1-2-3-4-5-6-7-8-9-10-11;2*1-2;/h2*2-10H2,1H3;2*1H3;/q4*-1;+4. The van der Waals surface area contributed by atoms with Gasteiger partial charge in [0.2, 0.25) is 0 Å². The van der Waals surface area contributed by atoms with E-state index in [2.05, 4.69) is 13.8 Å². The maximum absolute atomic E-state index is 5.99. The molecule has 0 saturated carbocycles. The first-order valence-electron chi connectivity index (χ1n) is 11.6. The van der Waals surface area contributed by atoms with Crippen molar-refractivity contribution in [2.75, 3.05) is 27.4 Å². The van der Waals surface area contributed by atoms with Crippen molar-refractivity contribution in [2.45, 2.75) is 117 Å². The summed E-state index contributed by atoms with van der Waals surface area (Å²) in [7, 11) is 3.34. The van der Waals surface area contributed by atoms with Crippen molar-refractivity contribution in [3.05, 3.63) is 0 Å². The van der Waals surface area contributed by atoms with Crippen LogP contribution in [0.25, 0.3) is 0 Å². The van der Waals surface area contributed by atoms with E-state index in [-0.39, 0.29) is 0 Å². The van der Waals surface area contributed by atoms with Gasteiger partial charge in [0.1, 0.15) is 0 Å². The van der Waals surface area contributed by atoms with Gasteiger partial charge in [0.25, 0.3) is 0 Å². The molecule has 0 atom stereocenters. The molecule has 4 nitrogen and oxygen atoms in total. The van der Waals surface area contributed by atoms with Gasteiger partial charge in [0.05, 0.1) is 0 Å². The van der Waals surface area contributed by atoms with Crippen molar-refractivity contribution in [1.29, 1.82) is 0 Å². The van der Waals surface area contributed by atoms with E-state index in [0.717, 1.165) is 12.8 Å². The molecule has 0 aliphatic rings. The summed E-state index contributed by atoms with van der Waals surface area (Å²) in [5, 5.41) is 0. The van der Waals surface area contributed by atoms with E-state index < -0.39 is 20.0 Å². The number of hydrogen-bond acceptors (Lipinski definition) is 4. The topological polar surface area (TPSA) is 36.9 Å². The van der Waals surface area contributed by atoms with Crippen molar-refractivity contribution in [3.8, 4) is 0 Å². The average Bonchev–Trinajstić information content (AvgIpc) is 2.70. The molecule has 0 aromatic heterocycles. The Bertz CT molecular complexity index is 261. The number of unbranched alkanes of at least 4 members (excludes halogenated alkanes) is 14. The molecular formula is C22H48O4Sn. The van der Waals surface area contributed by atoms with Crippen LogP contribution in [0.5, 0.6) is 0 Å². The molecule has 0 heterocycles. The normalized spacial score (nSPS) is 12.0. The first-order chi connectivity index (χ1) is 13.2. The Labute approximate surface area is 176 Å². The van der Waals surface area contributed by atoms with Gasteiger partial charge in [0.15, 0.2) is 0 Å². The van der Waals surface area contributed by atoms with Crippen LogP contribution in [0.15, 0.2) is 0 Å². The molecule has 5 heteroatoms. The summed E-state index contributed by atoms with van der Waals surface area (Å²) in [5.41, 5.74) is 0. The Hall–Kier alpha value is 0.639. The average molecular weight is 495 g/mol. The fourth-order valence-electron chi connectivity index (χ4n) is 3.23. The van der Waals surface area contributed by atoms with Gasteiger partial charge in [-0.05, 0) is 0 Å². The van der Waals surface area contributed by atoms with Crippen molar-refractivity contribution in [3.63, 3.8) is 0 Å². The van der Waals surface area contributed by atoms with Crippen molar-refractivity contribution < 1.29 is 12.3 Å². The van der Waals surface area contributed by atoms with Crippen molar-refractivity contribution >= 4 is 20.0 Å². The van der Waals surface area contributed by atoms with E-state index in [9.17, 15) is 0 Å². The minimum absolute atomic E-state index is 0.699. The van der Waals surface area contributed by atoms with Crippen molar-refractivity contribution in [1.82, 2.24) is 0 Å². The summed E-state index contributed by atoms with van der Waals surface area (Å²) in [6.07, 6.45) is 20.8. The minimum atomic E-state index is -3.73. The SMILES string of the molecule is CCCCCCCCCC[O][Sn]([O]C)([O]C)[O]CCCCCCCCCC. The van der Waals surface area contributed by atoms with Gasteiger partial charge in [-0.2, -0.15) is 0 Å². The van der Waals surface area contributed by atoms with Crippen LogP contribution >= 0.6 is 0 Å². The summed E-state index contributed by atoms with van der Waals surface area (Å²) < 4.78 is 23.1. The number of hydrogen-bond donors (Lipinski definition) is 0. The van der Waals surface area contributed by atoms with E-state index in [1.54, 1.807) is 14.2 Å². The van der Waals surface area contributed by atoms with Crippen LogP contribution in [-0.2, 0) is 12.3 Å². The van der Waals surface area contributed by atoms with Gasteiger partial charge in [-0.15, -0.1) is 0 Å². The molecule has 0 aliphatic carbocycles. The monoisotopic (exact) mass is 496 g/mol. The van der Waals surface area contributed by atoms with Gasteiger partial charge in [0, 0.05) is 0 Å². The fourth-order valence-corrected chi connectivity index (χ4v) is 7.54. The van der Waals surface area contributed by atoms with Gasteiger partial charge in [-0.1, -0.05) is 0 Å². The van der Waals surface area contributed by atoms with E-state index in [4.69, 9.17) is 12.3 Å². The van der Waals surface area contributed by atoms with Gasteiger partial charge >= 0.3 is 176 Å². The molecule has 0 aromatic rings. The zero-order valence-corrected chi connectivity index (χ0v) is 21.7. The van der Waals surface area contributed by atoms with E-state index in [0.29, 0.717) is 13.2 Å². The van der Waals surface area contributed by atoms with Crippen LogP contribution in [0.1, 0.15) is 117 Å². The Morgan fingerprint density at radius 2 is 0.741 bits per heavy atom.